The summed E-state index contributed by atoms with van der Waals surface area (Å²) in [4.78, 5) is 14.9. The van der Waals surface area contributed by atoms with Gasteiger partial charge in [-0.15, -0.1) is 0 Å². The molecule has 4 heteroatoms. The molecule has 0 radical (unpaired) electrons. The highest BCUT2D eigenvalue weighted by Crippen LogP contribution is 2.39. The van der Waals surface area contributed by atoms with Crippen molar-refractivity contribution >= 4 is 5.97 Å². The maximum atomic E-state index is 12.4. The van der Waals surface area contributed by atoms with Crippen LogP contribution in [0.3, 0.4) is 0 Å². The van der Waals surface area contributed by atoms with E-state index in [0.717, 1.165) is 45.1 Å². The molecule has 1 N–H and O–H groups in total. The van der Waals surface area contributed by atoms with E-state index in [1.54, 1.807) is 0 Å². The van der Waals surface area contributed by atoms with Gasteiger partial charge >= 0.3 is 5.97 Å². The molecule has 1 unspecified atom stereocenters. The maximum absolute atomic E-state index is 12.4. The number of rotatable bonds is 5. The first-order valence-electron chi connectivity index (χ1n) is 8.19. The molecule has 0 saturated carbocycles. The van der Waals surface area contributed by atoms with Crippen LogP contribution in [0.1, 0.15) is 40.0 Å². The Bertz CT molecular complexity index is 326. The Morgan fingerprint density at radius 2 is 2.10 bits per heavy atom. The minimum atomic E-state index is -0.275. The van der Waals surface area contributed by atoms with Crippen LogP contribution in [0.15, 0.2) is 0 Å². The summed E-state index contributed by atoms with van der Waals surface area (Å²) in [5.74, 6) is 1.16. The Labute approximate surface area is 123 Å². The first-order chi connectivity index (χ1) is 9.58. The third-order valence-corrected chi connectivity index (χ3v) is 5.14. The van der Waals surface area contributed by atoms with E-state index in [1.807, 2.05) is 6.92 Å². The van der Waals surface area contributed by atoms with Crippen LogP contribution in [0.4, 0.5) is 0 Å². The van der Waals surface area contributed by atoms with Crippen molar-refractivity contribution in [2.45, 2.75) is 40.0 Å². The molecule has 0 amide bonds. The molecule has 20 heavy (non-hydrogen) atoms. The van der Waals surface area contributed by atoms with Gasteiger partial charge in [0.2, 0.25) is 0 Å². The van der Waals surface area contributed by atoms with E-state index in [-0.39, 0.29) is 11.4 Å². The maximum Gasteiger partial charge on any atom is 0.313 e. The minimum Gasteiger partial charge on any atom is -0.466 e. The molecule has 0 aromatic rings. The van der Waals surface area contributed by atoms with Gasteiger partial charge in [0, 0.05) is 13.1 Å². The fraction of sp³-hybridized carbons (Fsp3) is 0.938. The van der Waals surface area contributed by atoms with Gasteiger partial charge in [0.25, 0.3) is 0 Å². The van der Waals surface area contributed by atoms with Crippen molar-refractivity contribution in [3.63, 3.8) is 0 Å². The smallest absolute Gasteiger partial charge is 0.313 e. The van der Waals surface area contributed by atoms with Gasteiger partial charge in [0.15, 0.2) is 0 Å². The first-order valence-corrected chi connectivity index (χ1v) is 8.19. The predicted molar refractivity (Wildman–Crippen MR) is 80.6 cm³/mol. The van der Waals surface area contributed by atoms with E-state index in [4.69, 9.17) is 4.74 Å². The topological polar surface area (TPSA) is 41.6 Å². The summed E-state index contributed by atoms with van der Waals surface area (Å²) in [6.45, 7) is 12.1. The molecule has 2 saturated heterocycles. The summed E-state index contributed by atoms with van der Waals surface area (Å²) in [7, 11) is 0. The summed E-state index contributed by atoms with van der Waals surface area (Å²) in [6.07, 6.45) is 3.49. The van der Waals surface area contributed by atoms with Crippen LogP contribution in [0.2, 0.25) is 0 Å². The van der Waals surface area contributed by atoms with Crippen LogP contribution in [0.25, 0.3) is 0 Å². The van der Waals surface area contributed by atoms with Crippen molar-refractivity contribution < 1.29 is 9.53 Å². The van der Waals surface area contributed by atoms with Crippen LogP contribution < -0.4 is 5.32 Å². The SMILES string of the molecule is CCOC(=O)C1(C(C)C)CCN(CC2CCNCC2)C1. The summed E-state index contributed by atoms with van der Waals surface area (Å²) in [6, 6.07) is 0. The average molecular weight is 282 g/mol. The van der Waals surface area contributed by atoms with Gasteiger partial charge in [-0.25, -0.2) is 0 Å². The summed E-state index contributed by atoms with van der Waals surface area (Å²) in [5, 5.41) is 3.42. The zero-order chi connectivity index (χ0) is 14.6. The fourth-order valence-corrected chi connectivity index (χ4v) is 3.65. The second kappa shape index (κ2) is 6.90. The van der Waals surface area contributed by atoms with Crippen molar-refractivity contribution in [3.05, 3.63) is 0 Å². The second-order valence-corrected chi connectivity index (χ2v) is 6.71. The van der Waals surface area contributed by atoms with Crippen LogP contribution >= 0.6 is 0 Å². The van der Waals surface area contributed by atoms with Crippen molar-refractivity contribution in [1.82, 2.24) is 10.2 Å². The van der Waals surface area contributed by atoms with E-state index >= 15 is 0 Å². The summed E-state index contributed by atoms with van der Waals surface area (Å²) < 4.78 is 5.35. The van der Waals surface area contributed by atoms with Gasteiger partial charge < -0.3 is 15.0 Å². The molecule has 2 heterocycles. The molecule has 2 aliphatic heterocycles. The fourth-order valence-electron chi connectivity index (χ4n) is 3.65. The number of nitrogens with zero attached hydrogens (tertiary/aromatic N) is 1. The monoisotopic (exact) mass is 282 g/mol. The Hall–Kier alpha value is -0.610. The van der Waals surface area contributed by atoms with E-state index < -0.39 is 0 Å². The molecule has 0 aliphatic carbocycles. The third-order valence-electron chi connectivity index (χ3n) is 5.14. The molecule has 1 atom stereocenters. The number of esters is 1. The van der Waals surface area contributed by atoms with Gasteiger partial charge in [0.05, 0.1) is 12.0 Å². The van der Waals surface area contributed by atoms with Crippen molar-refractivity contribution in [1.29, 1.82) is 0 Å². The average Bonchev–Trinajstić information content (AvgIpc) is 2.85. The van der Waals surface area contributed by atoms with Gasteiger partial charge in [0.1, 0.15) is 0 Å². The molecule has 0 bridgehead atoms. The lowest BCUT2D eigenvalue weighted by Crippen LogP contribution is -2.42. The first kappa shape index (κ1) is 15.8. The number of hydrogen-bond donors (Lipinski definition) is 1. The lowest BCUT2D eigenvalue weighted by atomic mass is 9.76. The normalized spacial score (nSPS) is 29.0. The predicted octanol–water partition coefficient (Wildman–Crippen LogP) is 1.90. The van der Waals surface area contributed by atoms with Gasteiger partial charge in [-0.3, -0.25) is 4.79 Å². The van der Waals surface area contributed by atoms with Crippen LogP contribution in [0.5, 0.6) is 0 Å². The minimum absolute atomic E-state index is 0.0165. The molecule has 0 aromatic heterocycles. The molecule has 0 spiro atoms. The quantitative estimate of drug-likeness (QED) is 0.782. The lowest BCUT2D eigenvalue weighted by molar-refractivity contribution is -0.157. The van der Waals surface area contributed by atoms with E-state index in [0.29, 0.717) is 12.5 Å². The van der Waals surface area contributed by atoms with Crippen LogP contribution in [-0.2, 0) is 9.53 Å². The van der Waals surface area contributed by atoms with Crippen molar-refractivity contribution in [2.75, 3.05) is 39.3 Å². The number of carbonyl (C=O) groups excluding carboxylic acids is 1. The van der Waals surface area contributed by atoms with Crippen LogP contribution in [0, 0.1) is 17.3 Å². The third kappa shape index (κ3) is 3.34. The van der Waals surface area contributed by atoms with Crippen molar-refractivity contribution in [3.8, 4) is 0 Å². The summed E-state index contributed by atoms with van der Waals surface area (Å²) in [5.41, 5.74) is -0.275. The molecular formula is C16H30N2O2. The Balaban J connectivity index is 1.94. The molecule has 2 fully saturated rings. The molecule has 2 rings (SSSR count). The number of likely N-dealkylation sites (tertiary alicyclic amines) is 1. The molecule has 0 aromatic carbocycles. The number of ether oxygens (including phenoxy) is 1. The van der Waals surface area contributed by atoms with Gasteiger partial charge in [-0.1, -0.05) is 13.8 Å². The highest BCUT2D eigenvalue weighted by atomic mass is 16.5. The molecule has 4 nitrogen and oxygen atoms in total. The highest BCUT2D eigenvalue weighted by Gasteiger charge is 2.48. The lowest BCUT2D eigenvalue weighted by Gasteiger charge is -2.32. The largest absolute Gasteiger partial charge is 0.466 e. The van der Waals surface area contributed by atoms with E-state index in [9.17, 15) is 4.79 Å². The number of carbonyl (C=O) groups is 1. The second-order valence-electron chi connectivity index (χ2n) is 6.71. The molecular weight excluding hydrogens is 252 g/mol. The Morgan fingerprint density at radius 1 is 1.40 bits per heavy atom. The number of piperidine rings is 1. The highest BCUT2D eigenvalue weighted by molar-refractivity contribution is 5.78. The van der Waals surface area contributed by atoms with Crippen LogP contribution in [-0.4, -0.2) is 50.2 Å². The number of nitrogens with one attached hydrogen (secondary N) is 1. The number of hydrogen-bond acceptors (Lipinski definition) is 4. The standard InChI is InChI=1S/C16H30N2O2/c1-4-20-15(19)16(13(2)3)7-10-18(12-16)11-14-5-8-17-9-6-14/h13-14,17H,4-12H2,1-3H3. The molecule has 2 aliphatic rings. The van der Waals surface area contributed by atoms with E-state index in [1.165, 1.54) is 12.8 Å². The zero-order valence-corrected chi connectivity index (χ0v) is 13.3. The zero-order valence-electron chi connectivity index (χ0n) is 13.3. The Kier molecular flexibility index (Phi) is 5.44. The van der Waals surface area contributed by atoms with E-state index in [2.05, 4.69) is 24.1 Å². The summed E-state index contributed by atoms with van der Waals surface area (Å²) >= 11 is 0. The van der Waals surface area contributed by atoms with Crippen molar-refractivity contribution in [2.24, 2.45) is 17.3 Å². The molecule has 116 valence electrons. The van der Waals surface area contributed by atoms with Gasteiger partial charge in [-0.2, -0.15) is 0 Å². The van der Waals surface area contributed by atoms with Gasteiger partial charge in [-0.05, 0) is 57.7 Å². The Morgan fingerprint density at radius 3 is 2.70 bits per heavy atom.